The van der Waals surface area contributed by atoms with E-state index in [4.69, 9.17) is 9.47 Å². The maximum Gasteiger partial charge on any atom is 0.310 e. The van der Waals surface area contributed by atoms with Gasteiger partial charge in [0.1, 0.15) is 12.2 Å². The summed E-state index contributed by atoms with van der Waals surface area (Å²) >= 11 is 0. The van der Waals surface area contributed by atoms with Gasteiger partial charge in [0.05, 0.1) is 24.7 Å². The van der Waals surface area contributed by atoms with Crippen molar-refractivity contribution >= 4 is 23.9 Å². The van der Waals surface area contributed by atoms with Crippen molar-refractivity contribution in [2.45, 2.75) is 128 Å². The SMILES string of the molecule is CN1C(C)(C)CC(OC(=O)C(CC(=O)O)C(CC(=O)O)C(=O)OC2CC(C)(C)N(C)C(C)(C)C2)CC1(C)C. The minimum atomic E-state index is -1.48. The number of ether oxygens (including phenoxy) is 2. The first-order valence-electron chi connectivity index (χ1n) is 13.4. The molecule has 0 radical (unpaired) electrons. The van der Waals surface area contributed by atoms with Gasteiger partial charge in [-0.25, -0.2) is 0 Å². The number of carboxylic acids is 2. The number of rotatable bonds is 9. The summed E-state index contributed by atoms with van der Waals surface area (Å²) in [6, 6.07) is 0. The smallest absolute Gasteiger partial charge is 0.310 e. The van der Waals surface area contributed by atoms with Crippen molar-refractivity contribution in [3.63, 3.8) is 0 Å². The lowest BCUT2D eigenvalue weighted by molar-refractivity contribution is -0.179. The zero-order valence-electron chi connectivity index (χ0n) is 24.8. The highest BCUT2D eigenvalue weighted by Gasteiger charge is 2.48. The van der Waals surface area contributed by atoms with Crippen molar-refractivity contribution in [3.05, 3.63) is 0 Å². The number of aliphatic carboxylic acids is 2. The van der Waals surface area contributed by atoms with E-state index in [1.165, 1.54) is 0 Å². The molecule has 0 aromatic carbocycles. The second-order valence-corrected chi connectivity index (χ2v) is 13.7. The van der Waals surface area contributed by atoms with Crippen molar-refractivity contribution in [1.82, 2.24) is 9.80 Å². The zero-order chi connectivity index (χ0) is 29.4. The van der Waals surface area contributed by atoms with Crippen LogP contribution in [0.15, 0.2) is 0 Å². The van der Waals surface area contributed by atoms with Crippen LogP contribution in [0.3, 0.4) is 0 Å². The Kier molecular flexibility index (Phi) is 9.37. The summed E-state index contributed by atoms with van der Waals surface area (Å²) in [4.78, 5) is 54.7. The highest BCUT2D eigenvalue weighted by atomic mass is 16.6. The van der Waals surface area contributed by atoms with Crippen LogP contribution in [-0.4, -0.2) is 92.3 Å². The fourth-order valence-electron chi connectivity index (χ4n) is 6.39. The second-order valence-electron chi connectivity index (χ2n) is 13.7. The molecule has 2 saturated heterocycles. The zero-order valence-corrected chi connectivity index (χ0v) is 24.8. The van der Waals surface area contributed by atoms with Gasteiger partial charge >= 0.3 is 23.9 Å². The standard InChI is InChI=1S/C28H48N2O8/c1-25(2)13-17(14-26(3,4)29(25)9)37-23(35)19(11-21(31)32)20(12-22(33)34)24(36)38-18-15-27(5,6)30(10)28(7,8)16-18/h17-20H,11-16H2,1-10H3,(H,31,32)(H,33,34). The number of esters is 2. The third kappa shape index (κ3) is 7.46. The van der Waals surface area contributed by atoms with Crippen LogP contribution >= 0.6 is 0 Å². The highest BCUT2D eigenvalue weighted by molar-refractivity contribution is 5.88. The van der Waals surface area contributed by atoms with E-state index in [0.29, 0.717) is 25.7 Å². The monoisotopic (exact) mass is 540 g/mol. The minimum absolute atomic E-state index is 0.290. The number of hydrogen-bond donors (Lipinski definition) is 2. The van der Waals surface area contributed by atoms with Gasteiger partial charge in [-0.15, -0.1) is 0 Å². The molecule has 0 amide bonds. The van der Waals surface area contributed by atoms with E-state index in [2.05, 4.69) is 9.80 Å². The summed E-state index contributed by atoms with van der Waals surface area (Å²) in [5.74, 6) is -7.34. The van der Waals surface area contributed by atoms with Crippen LogP contribution in [0.2, 0.25) is 0 Å². The molecule has 0 aromatic rings. The Morgan fingerprint density at radius 3 is 1.08 bits per heavy atom. The number of piperidine rings is 2. The average molecular weight is 541 g/mol. The number of nitrogens with zero attached hydrogens (tertiary/aromatic N) is 2. The minimum Gasteiger partial charge on any atom is -0.481 e. The molecule has 0 aromatic heterocycles. The molecule has 0 saturated carbocycles. The van der Waals surface area contributed by atoms with Crippen LogP contribution < -0.4 is 0 Å². The Hall–Kier alpha value is -2.20. The maximum absolute atomic E-state index is 13.4. The van der Waals surface area contributed by atoms with Gasteiger partial charge in [-0.3, -0.25) is 29.0 Å². The lowest BCUT2D eigenvalue weighted by Crippen LogP contribution is -2.60. The fourth-order valence-corrected chi connectivity index (χ4v) is 6.39. The number of likely N-dealkylation sites (tertiary alicyclic amines) is 2. The third-order valence-corrected chi connectivity index (χ3v) is 8.99. The molecule has 2 fully saturated rings. The van der Waals surface area contributed by atoms with Crippen molar-refractivity contribution in [3.8, 4) is 0 Å². The largest absolute Gasteiger partial charge is 0.481 e. The van der Waals surface area contributed by atoms with E-state index < -0.39 is 60.8 Å². The molecule has 0 aliphatic carbocycles. The van der Waals surface area contributed by atoms with E-state index in [1.807, 2.05) is 69.5 Å². The van der Waals surface area contributed by atoms with Crippen LogP contribution in [0.4, 0.5) is 0 Å². The number of carbonyl (C=O) groups excluding carboxylic acids is 2. The molecular weight excluding hydrogens is 492 g/mol. The fraction of sp³-hybridized carbons (Fsp3) is 0.857. The van der Waals surface area contributed by atoms with E-state index in [0.717, 1.165) is 0 Å². The van der Waals surface area contributed by atoms with Crippen LogP contribution in [-0.2, 0) is 28.7 Å². The lowest BCUT2D eigenvalue weighted by atomic mass is 9.78. The van der Waals surface area contributed by atoms with Gasteiger partial charge in [0, 0.05) is 47.8 Å². The molecule has 2 unspecified atom stereocenters. The molecule has 218 valence electrons. The third-order valence-electron chi connectivity index (χ3n) is 8.99. The van der Waals surface area contributed by atoms with Crippen LogP contribution in [0.1, 0.15) is 93.9 Å². The molecule has 2 N–H and O–H groups in total. The Bertz CT molecular complexity index is 816. The average Bonchev–Trinajstić information content (AvgIpc) is 2.71. The van der Waals surface area contributed by atoms with Gasteiger partial charge in [-0.1, -0.05) is 0 Å². The lowest BCUT2D eigenvalue weighted by Gasteiger charge is -2.53. The van der Waals surface area contributed by atoms with Crippen molar-refractivity contribution in [2.24, 2.45) is 11.8 Å². The first-order chi connectivity index (χ1) is 17.1. The van der Waals surface area contributed by atoms with Crippen LogP contribution in [0.5, 0.6) is 0 Å². The normalized spacial score (nSPS) is 25.2. The number of carboxylic acid groups (broad SMARTS) is 2. The Labute approximate surface area is 227 Å². The summed E-state index contributed by atoms with van der Waals surface area (Å²) in [7, 11) is 4.02. The van der Waals surface area contributed by atoms with E-state index in [9.17, 15) is 29.4 Å². The Morgan fingerprint density at radius 2 is 0.868 bits per heavy atom. The quantitative estimate of drug-likeness (QED) is 0.418. The predicted molar refractivity (Wildman–Crippen MR) is 142 cm³/mol. The van der Waals surface area contributed by atoms with Gasteiger partial charge < -0.3 is 19.7 Å². The molecule has 2 heterocycles. The van der Waals surface area contributed by atoms with Gasteiger partial charge in [0.25, 0.3) is 0 Å². The highest BCUT2D eigenvalue weighted by Crippen LogP contribution is 2.40. The molecule has 2 aliphatic heterocycles. The molecular formula is C28H48N2O8. The Balaban J connectivity index is 2.30. The van der Waals surface area contributed by atoms with Crippen molar-refractivity contribution in [1.29, 1.82) is 0 Å². The summed E-state index contributed by atoms with van der Waals surface area (Å²) in [5, 5.41) is 19.1. The van der Waals surface area contributed by atoms with Crippen molar-refractivity contribution in [2.75, 3.05) is 14.1 Å². The topological polar surface area (TPSA) is 134 Å². The Morgan fingerprint density at radius 1 is 0.632 bits per heavy atom. The molecule has 0 bridgehead atoms. The maximum atomic E-state index is 13.4. The molecule has 2 atom stereocenters. The summed E-state index contributed by atoms with van der Waals surface area (Å²) in [6.45, 7) is 16.3. The van der Waals surface area contributed by atoms with Crippen LogP contribution in [0, 0.1) is 11.8 Å². The van der Waals surface area contributed by atoms with Crippen molar-refractivity contribution < 1.29 is 38.9 Å². The molecule has 2 aliphatic rings. The molecule has 10 heteroatoms. The van der Waals surface area contributed by atoms with Gasteiger partial charge in [0.15, 0.2) is 0 Å². The van der Waals surface area contributed by atoms with E-state index in [1.54, 1.807) is 0 Å². The summed E-state index contributed by atoms with van der Waals surface area (Å²) < 4.78 is 11.6. The molecule has 38 heavy (non-hydrogen) atoms. The second kappa shape index (κ2) is 11.1. The van der Waals surface area contributed by atoms with E-state index in [-0.39, 0.29) is 22.2 Å². The van der Waals surface area contributed by atoms with Gasteiger partial charge in [-0.2, -0.15) is 0 Å². The van der Waals surface area contributed by atoms with Gasteiger partial charge in [0.2, 0.25) is 0 Å². The summed E-state index contributed by atoms with van der Waals surface area (Å²) in [6.07, 6.45) is -0.378. The van der Waals surface area contributed by atoms with Gasteiger partial charge in [-0.05, 0) is 69.5 Å². The van der Waals surface area contributed by atoms with E-state index >= 15 is 0 Å². The first kappa shape index (κ1) is 32.0. The summed E-state index contributed by atoms with van der Waals surface area (Å²) in [5.41, 5.74) is -1.16. The predicted octanol–water partition coefficient (Wildman–Crippen LogP) is 3.56. The molecule has 10 nitrogen and oxygen atoms in total. The molecule has 0 spiro atoms. The first-order valence-corrected chi connectivity index (χ1v) is 13.4. The van der Waals surface area contributed by atoms with Crippen LogP contribution in [0.25, 0.3) is 0 Å². The molecule has 2 rings (SSSR count). The number of hydrogen-bond acceptors (Lipinski definition) is 8. The number of carbonyl (C=O) groups is 4.